The van der Waals surface area contributed by atoms with Crippen LogP contribution in [0.2, 0.25) is 0 Å². The molecule has 1 aromatic heterocycles. The molecule has 1 unspecified atom stereocenters. The third-order valence-electron chi connectivity index (χ3n) is 5.33. The Kier molecular flexibility index (Phi) is 5.89. The summed E-state index contributed by atoms with van der Waals surface area (Å²) in [6.07, 6.45) is 1.90. The van der Waals surface area contributed by atoms with Crippen LogP contribution in [0.3, 0.4) is 0 Å². The zero-order valence-electron chi connectivity index (χ0n) is 16.7. The topological polar surface area (TPSA) is 71.3 Å². The van der Waals surface area contributed by atoms with Crippen molar-refractivity contribution in [2.24, 2.45) is 5.92 Å². The highest BCUT2D eigenvalue weighted by Crippen LogP contribution is 2.23. The lowest BCUT2D eigenvalue weighted by Crippen LogP contribution is -2.31. The normalized spacial score (nSPS) is 16.2. The maximum atomic E-state index is 12.2. The van der Waals surface area contributed by atoms with Crippen LogP contribution in [0.15, 0.2) is 59.0 Å². The summed E-state index contributed by atoms with van der Waals surface area (Å²) in [5, 5.41) is 11.2. The van der Waals surface area contributed by atoms with Gasteiger partial charge in [-0.25, -0.2) is 0 Å². The second-order valence-electron chi connectivity index (χ2n) is 7.61. The predicted molar refractivity (Wildman–Crippen MR) is 113 cm³/mol. The quantitative estimate of drug-likeness (QED) is 0.667. The molecular weight excluding hydrogens is 364 g/mol. The number of carbonyl (C=O) groups excluding carboxylic acids is 1. The number of carbonyl (C=O) groups is 1. The minimum atomic E-state index is 0.0262. The zero-order valence-corrected chi connectivity index (χ0v) is 16.7. The SMILES string of the molecule is Cc1ccc(-c2nnc(CCC(=O)NCC3CCN(c4ccccc4)C3)o2)cc1. The van der Waals surface area contributed by atoms with E-state index in [1.54, 1.807) is 0 Å². The molecule has 0 aliphatic carbocycles. The Hall–Kier alpha value is -3.15. The molecule has 1 atom stereocenters. The van der Waals surface area contributed by atoms with Crippen molar-refractivity contribution in [2.75, 3.05) is 24.5 Å². The smallest absolute Gasteiger partial charge is 0.247 e. The van der Waals surface area contributed by atoms with Crippen molar-refractivity contribution in [3.05, 3.63) is 66.1 Å². The van der Waals surface area contributed by atoms with Gasteiger partial charge in [0.05, 0.1) is 0 Å². The Bertz CT molecular complexity index is 937. The van der Waals surface area contributed by atoms with Crippen molar-refractivity contribution in [3.8, 4) is 11.5 Å². The van der Waals surface area contributed by atoms with Crippen LogP contribution < -0.4 is 10.2 Å². The molecule has 1 amide bonds. The summed E-state index contributed by atoms with van der Waals surface area (Å²) in [6.45, 7) is 4.76. The van der Waals surface area contributed by atoms with E-state index in [0.717, 1.165) is 25.1 Å². The molecule has 0 bridgehead atoms. The minimum absolute atomic E-state index is 0.0262. The zero-order chi connectivity index (χ0) is 20.1. The number of nitrogens with one attached hydrogen (secondary N) is 1. The van der Waals surface area contributed by atoms with E-state index in [4.69, 9.17) is 4.42 Å². The summed E-state index contributed by atoms with van der Waals surface area (Å²) >= 11 is 0. The van der Waals surface area contributed by atoms with Crippen LogP contribution in [0.5, 0.6) is 0 Å². The number of aryl methyl sites for hydroxylation is 2. The van der Waals surface area contributed by atoms with Crippen molar-refractivity contribution in [1.82, 2.24) is 15.5 Å². The van der Waals surface area contributed by atoms with E-state index < -0.39 is 0 Å². The lowest BCUT2D eigenvalue weighted by Gasteiger charge is -2.18. The first-order chi connectivity index (χ1) is 14.2. The van der Waals surface area contributed by atoms with Crippen LogP contribution in [0.1, 0.15) is 24.3 Å². The summed E-state index contributed by atoms with van der Waals surface area (Å²) in [7, 11) is 0. The average molecular weight is 390 g/mol. The van der Waals surface area contributed by atoms with Gasteiger partial charge in [0.15, 0.2) is 0 Å². The molecule has 2 heterocycles. The largest absolute Gasteiger partial charge is 0.421 e. The highest BCUT2D eigenvalue weighted by molar-refractivity contribution is 5.76. The lowest BCUT2D eigenvalue weighted by atomic mass is 10.1. The van der Waals surface area contributed by atoms with E-state index in [-0.39, 0.29) is 5.91 Å². The van der Waals surface area contributed by atoms with Gasteiger partial charge in [0.25, 0.3) is 0 Å². The van der Waals surface area contributed by atoms with Gasteiger partial charge in [-0.1, -0.05) is 35.9 Å². The number of hydrogen-bond acceptors (Lipinski definition) is 5. The Labute approximate surface area is 170 Å². The maximum absolute atomic E-state index is 12.2. The second-order valence-corrected chi connectivity index (χ2v) is 7.61. The van der Waals surface area contributed by atoms with Gasteiger partial charge < -0.3 is 14.6 Å². The Balaban J connectivity index is 1.20. The summed E-state index contributed by atoms with van der Waals surface area (Å²) < 4.78 is 5.69. The highest BCUT2D eigenvalue weighted by atomic mass is 16.4. The molecule has 29 heavy (non-hydrogen) atoms. The van der Waals surface area contributed by atoms with Gasteiger partial charge >= 0.3 is 0 Å². The van der Waals surface area contributed by atoms with Gasteiger partial charge in [0.2, 0.25) is 17.7 Å². The van der Waals surface area contributed by atoms with Crippen LogP contribution in [0.25, 0.3) is 11.5 Å². The Morgan fingerprint density at radius 3 is 2.72 bits per heavy atom. The van der Waals surface area contributed by atoms with E-state index in [1.165, 1.54) is 11.3 Å². The van der Waals surface area contributed by atoms with E-state index in [2.05, 4.69) is 44.7 Å². The van der Waals surface area contributed by atoms with Gasteiger partial charge in [-0.3, -0.25) is 4.79 Å². The van der Waals surface area contributed by atoms with Gasteiger partial charge in [-0.15, -0.1) is 10.2 Å². The molecule has 2 aromatic carbocycles. The first-order valence-corrected chi connectivity index (χ1v) is 10.1. The molecule has 4 rings (SSSR count). The van der Waals surface area contributed by atoms with Crippen LogP contribution in [0.4, 0.5) is 5.69 Å². The summed E-state index contributed by atoms with van der Waals surface area (Å²) in [5.74, 6) is 1.49. The van der Waals surface area contributed by atoms with Crippen molar-refractivity contribution >= 4 is 11.6 Å². The number of aromatic nitrogens is 2. The number of hydrogen-bond donors (Lipinski definition) is 1. The van der Waals surface area contributed by atoms with Gasteiger partial charge in [0.1, 0.15) is 0 Å². The fourth-order valence-corrected chi connectivity index (χ4v) is 3.61. The van der Waals surface area contributed by atoms with Crippen molar-refractivity contribution in [2.45, 2.75) is 26.2 Å². The third-order valence-corrected chi connectivity index (χ3v) is 5.33. The number of anilines is 1. The van der Waals surface area contributed by atoms with Crippen LogP contribution in [-0.2, 0) is 11.2 Å². The van der Waals surface area contributed by atoms with E-state index in [9.17, 15) is 4.79 Å². The predicted octanol–water partition coefficient (Wildman–Crippen LogP) is 3.62. The molecule has 150 valence electrons. The number of para-hydroxylation sites is 1. The molecule has 1 saturated heterocycles. The van der Waals surface area contributed by atoms with E-state index >= 15 is 0 Å². The minimum Gasteiger partial charge on any atom is -0.421 e. The summed E-state index contributed by atoms with van der Waals surface area (Å²) in [5.41, 5.74) is 3.32. The molecular formula is C23H26N4O2. The molecule has 1 aliphatic heterocycles. The summed E-state index contributed by atoms with van der Waals surface area (Å²) in [4.78, 5) is 14.6. The van der Waals surface area contributed by atoms with Crippen LogP contribution >= 0.6 is 0 Å². The van der Waals surface area contributed by atoms with Crippen molar-refractivity contribution < 1.29 is 9.21 Å². The molecule has 3 aromatic rings. The van der Waals surface area contributed by atoms with Gasteiger partial charge in [0, 0.05) is 43.7 Å². The van der Waals surface area contributed by atoms with E-state index in [1.807, 2.05) is 37.3 Å². The monoisotopic (exact) mass is 390 g/mol. The first-order valence-electron chi connectivity index (χ1n) is 10.1. The van der Waals surface area contributed by atoms with Crippen LogP contribution in [-0.4, -0.2) is 35.7 Å². The highest BCUT2D eigenvalue weighted by Gasteiger charge is 2.23. The fraction of sp³-hybridized carbons (Fsp3) is 0.348. The molecule has 0 spiro atoms. The van der Waals surface area contributed by atoms with Crippen molar-refractivity contribution in [1.29, 1.82) is 0 Å². The lowest BCUT2D eigenvalue weighted by molar-refractivity contribution is -0.121. The standard InChI is InChI=1S/C23H26N4O2/c1-17-7-9-19(10-8-17)23-26-25-22(29-23)12-11-21(28)24-15-18-13-14-27(16-18)20-5-3-2-4-6-20/h2-10,18H,11-16H2,1H3,(H,24,28). The summed E-state index contributed by atoms with van der Waals surface area (Å²) in [6, 6.07) is 18.4. The van der Waals surface area contributed by atoms with Crippen LogP contribution in [0, 0.1) is 12.8 Å². The number of nitrogens with zero attached hydrogens (tertiary/aromatic N) is 3. The van der Waals surface area contributed by atoms with Gasteiger partial charge in [-0.2, -0.15) is 0 Å². The number of rotatable bonds is 7. The number of benzene rings is 2. The molecule has 1 N–H and O–H groups in total. The molecule has 1 aliphatic rings. The molecule has 6 nitrogen and oxygen atoms in total. The average Bonchev–Trinajstić information content (AvgIpc) is 3.42. The van der Waals surface area contributed by atoms with Gasteiger partial charge in [-0.05, 0) is 43.5 Å². The van der Waals surface area contributed by atoms with E-state index in [0.29, 0.717) is 37.1 Å². The molecule has 0 saturated carbocycles. The Morgan fingerprint density at radius 1 is 1.14 bits per heavy atom. The first kappa shape index (κ1) is 19.2. The molecule has 0 radical (unpaired) electrons. The molecule has 1 fully saturated rings. The maximum Gasteiger partial charge on any atom is 0.247 e. The van der Waals surface area contributed by atoms with Crippen molar-refractivity contribution in [3.63, 3.8) is 0 Å². The molecule has 6 heteroatoms. The number of amides is 1. The Morgan fingerprint density at radius 2 is 1.93 bits per heavy atom. The third kappa shape index (κ3) is 5.02. The second kappa shape index (κ2) is 8.90. The fourth-order valence-electron chi connectivity index (χ4n) is 3.61.